The van der Waals surface area contributed by atoms with E-state index in [1.54, 1.807) is 12.1 Å². The molecule has 0 radical (unpaired) electrons. The van der Waals surface area contributed by atoms with E-state index in [-0.39, 0.29) is 17.1 Å². The average Bonchev–Trinajstić information content (AvgIpc) is 2.50. The van der Waals surface area contributed by atoms with E-state index < -0.39 is 23.9 Å². The van der Waals surface area contributed by atoms with E-state index in [1.165, 1.54) is 12.1 Å². The Bertz CT molecular complexity index is 647. The Balaban J connectivity index is 0.000000516. The van der Waals surface area contributed by atoms with Crippen molar-refractivity contribution in [1.29, 1.82) is 0 Å². The van der Waals surface area contributed by atoms with Gasteiger partial charge in [0.25, 0.3) is 0 Å². The molecule has 1 aromatic carbocycles. The van der Waals surface area contributed by atoms with Crippen LogP contribution in [0.25, 0.3) is 0 Å². The zero-order valence-electron chi connectivity index (χ0n) is 14.4. The molecule has 4 nitrogen and oxygen atoms in total. The lowest BCUT2D eigenvalue weighted by molar-refractivity contribution is -0.193. The summed E-state index contributed by atoms with van der Waals surface area (Å²) in [6.45, 7) is 6.00. The molecular weight excluding hydrogens is 387 g/mol. The van der Waals surface area contributed by atoms with E-state index in [1.807, 2.05) is 20.8 Å². The van der Waals surface area contributed by atoms with Gasteiger partial charge in [-0.15, -0.1) is 0 Å². The molecule has 27 heavy (non-hydrogen) atoms. The first-order valence-corrected chi connectivity index (χ1v) is 7.21. The predicted molar refractivity (Wildman–Crippen MR) is 79.8 cm³/mol. The van der Waals surface area contributed by atoms with Gasteiger partial charge in [0.2, 0.25) is 5.91 Å². The molecule has 0 saturated heterocycles. The second-order valence-corrected chi connectivity index (χ2v) is 6.21. The van der Waals surface area contributed by atoms with Crippen LogP contribution in [0.15, 0.2) is 24.3 Å². The van der Waals surface area contributed by atoms with Crippen molar-refractivity contribution in [2.45, 2.75) is 39.7 Å². The van der Waals surface area contributed by atoms with E-state index in [0.717, 1.165) is 5.56 Å². The van der Waals surface area contributed by atoms with Gasteiger partial charge in [0.1, 0.15) is 5.82 Å². The van der Waals surface area contributed by atoms with Crippen LogP contribution in [0.1, 0.15) is 26.3 Å². The van der Waals surface area contributed by atoms with E-state index in [9.17, 15) is 45.1 Å². The first-order valence-electron chi connectivity index (χ1n) is 7.21. The normalized spacial score (nSPS) is 11.9. The van der Waals surface area contributed by atoms with Gasteiger partial charge in [-0.2, -0.15) is 26.3 Å². The third-order valence-electron chi connectivity index (χ3n) is 2.77. The van der Waals surface area contributed by atoms with Crippen molar-refractivity contribution in [3.05, 3.63) is 35.6 Å². The summed E-state index contributed by atoms with van der Waals surface area (Å²) in [6.07, 6.45) is -11.5. The first-order chi connectivity index (χ1) is 12.0. The summed E-state index contributed by atoms with van der Waals surface area (Å²) in [5.74, 6) is -7.09. The second-order valence-electron chi connectivity index (χ2n) is 6.21. The number of carbonyl (C=O) groups excluding carboxylic acids is 3. The standard InChI is InChI=1S/C12H16FNO.C4F6O2/c1-12(2,3)11(15)14-8-9-4-6-10(13)7-5-9;5-3(6,7)1(11)2(12)4(8,9)10/h4-7H,8H2,1-3H3,(H,14,15);. The summed E-state index contributed by atoms with van der Waals surface area (Å²) >= 11 is 0. The SMILES string of the molecule is CC(C)(C)C(=O)NCc1ccc(F)cc1.O=C(C(=O)C(F)(F)F)C(F)(F)F. The number of nitrogens with one attached hydrogen (secondary N) is 1. The molecule has 0 aromatic heterocycles. The summed E-state index contributed by atoms with van der Waals surface area (Å²) in [5.41, 5.74) is 0.508. The Hall–Kier alpha value is -2.46. The molecule has 0 unspecified atom stereocenters. The van der Waals surface area contributed by atoms with E-state index in [4.69, 9.17) is 0 Å². The highest BCUT2D eigenvalue weighted by molar-refractivity contribution is 6.41. The van der Waals surface area contributed by atoms with Crippen molar-refractivity contribution in [3.63, 3.8) is 0 Å². The van der Waals surface area contributed by atoms with Crippen LogP contribution >= 0.6 is 0 Å². The number of hydrogen-bond donors (Lipinski definition) is 1. The van der Waals surface area contributed by atoms with Gasteiger partial charge in [-0.1, -0.05) is 32.9 Å². The van der Waals surface area contributed by atoms with Crippen molar-refractivity contribution in [1.82, 2.24) is 5.32 Å². The Morgan fingerprint density at radius 3 is 1.48 bits per heavy atom. The van der Waals surface area contributed by atoms with Crippen LogP contribution < -0.4 is 5.32 Å². The molecule has 0 fully saturated rings. The zero-order valence-corrected chi connectivity index (χ0v) is 14.4. The van der Waals surface area contributed by atoms with Crippen molar-refractivity contribution >= 4 is 17.5 Å². The van der Waals surface area contributed by atoms with Gasteiger partial charge in [0.15, 0.2) is 0 Å². The molecule has 11 heteroatoms. The van der Waals surface area contributed by atoms with Crippen molar-refractivity contribution in [2.24, 2.45) is 5.41 Å². The molecule has 0 aliphatic rings. The van der Waals surface area contributed by atoms with Crippen LogP contribution in [0.4, 0.5) is 30.7 Å². The molecule has 1 N–H and O–H groups in total. The maximum atomic E-state index is 12.6. The molecule has 0 bridgehead atoms. The average molecular weight is 403 g/mol. The molecule has 1 amide bonds. The van der Waals surface area contributed by atoms with Gasteiger partial charge < -0.3 is 5.32 Å². The van der Waals surface area contributed by atoms with Crippen LogP contribution in [0.2, 0.25) is 0 Å². The van der Waals surface area contributed by atoms with Crippen molar-refractivity contribution in [3.8, 4) is 0 Å². The summed E-state index contributed by atoms with van der Waals surface area (Å²) in [5, 5.41) is 2.80. The fraction of sp³-hybridized carbons (Fsp3) is 0.438. The number of benzene rings is 1. The largest absolute Gasteiger partial charge is 0.458 e. The zero-order chi connectivity index (χ0) is 21.6. The van der Waals surface area contributed by atoms with E-state index in [0.29, 0.717) is 6.54 Å². The van der Waals surface area contributed by atoms with Gasteiger partial charge in [-0.05, 0) is 17.7 Å². The summed E-state index contributed by atoms with van der Waals surface area (Å²) in [7, 11) is 0. The molecule has 0 aliphatic heterocycles. The highest BCUT2D eigenvalue weighted by Crippen LogP contribution is 2.24. The first kappa shape index (κ1) is 24.5. The maximum Gasteiger partial charge on any atom is 0.458 e. The highest BCUT2D eigenvalue weighted by Gasteiger charge is 2.54. The monoisotopic (exact) mass is 403 g/mol. The summed E-state index contributed by atoms with van der Waals surface area (Å²) in [4.78, 5) is 30.8. The Kier molecular flexibility index (Phi) is 8.14. The molecule has 152 valence electrons. The quantitative estimate of drug-likeness (QED) is 0.618. The number of alkyl halides is 6. The topological polar surface area (TPSA) is 63.2 Å². The fourth-order valence-corrected chi connectivity index (χ4v) is 1.31. The number of carbonyl (C=O) groups is 3. The Morgan fingerprint density at radius 1 is 0.815 bits per heavy atom. The van der Waals surface area contributed by atoms with Gasteiger partial charge in [0, 0.05) is 12.0 Å². The van der Waals surface area contributed by atoms with Gasteiger partial charge in [-0.25, -0.2) is 4.39 Å². The second kappa shape index (κ2) is 8.96. The molecular formula is C16H16F7NO3. The highest BCUT2D eigenvalue weighted by atomic mass is 19.4. The maximum absolute atomic E-state index is 12.6. The third-order valence-corrected chi connectivity index (χ3v) is 2.77. The molecule has 0 heterocycles. The molecule has 0 saturated carbocycles. The number of hydrogen-bond acceptors (Lipinski definition) is 3. The third kappa shape index (κ3) is 9.15. The number of halogens is 7. The number of amides is 1. The van der Waals surface area contributed by atoms with E-state index in [2.05, 4.69) is 5.32 Å². The van der Waals surface area contributed by atoms with Gasteiger partial charge >= 0.3 is 23.9 Å². The number of Topliss-reactive ketones (excluding diaryl/α,β-unsaturated/α-hetero) is 2. The predicted octanol–water partition coefficient (Wildman–Crippen LogP) is 3.74. The minimum Gasteiger partial charge on any atom is -0.352 e. The number of ketones is 2. The van der Waals surface area contributed by atoms with Crippen LogP contribution in [-0.4, -0.2) is 29.8 Å². The van der Waals surface area contributed by atoms with Crippen LogP contribution in [0, 0.1) is 11.2 Å². The van der Waals surface area contributed by atoms with Gasteiger partial charge in [0.05, 0.1) is 0 Å². The Labute approximate surface area is 149 Å². The molecule has 0 spiro atoms. The summed E-state index contributed by atoms with van der Waals surface area (Å²) in [6, 6.07) is 6.10. The van der Waals surface area contributed by atoms with Crippen LogP contribution in [0.3, 0.4) is 0 Å². The summed E-state index contributed by atoms with van der Waals surface area (Å²) < 4.78 is 79.5. The van der Waals surface area contributed by atoms with Crippen LogP contribution in [0.5, 0.6) is 0 Å². The smallest absolute Gasteiger partial charge is 0.352 e. The molecule has 1 aromatic rings. The lowest BCUT2D eigenvalue weighted by Gasteiger charge is -2.17. The minimum absolute atomic E-state index is 0.00757. The van der Waals surface area contributed by atoms with Crippen molar-refractivity contribution in [2.75, 3.05) is 0 Å². The molecule has 0 aliphatic carbocycles. The lowest BCUT2D eigenvalue weighted by Crippen LogP contribution is -2.39. The molecule has 0 atom stereocenters. The Morgan fingerprint density at radius 2 is 1.19 bits per heavy atom. The van der Waals surface area contributed by atoms with Crippen molar-refractivity contribution < 1.29 is 45.1 Å². The fourth-order valence-electron chi connectivity index (χ4n) is 1.31. The molecule has 1 rings (SSSR count). The van der Waals surface area contributed by atoms with E-state index >= 15 is 0 Å². The lowest BCUT2D eigenvalue weighted by atomic mass is 9.95. The number of rotatable bonds is 3. The van der Waals surface area contributed by atoms with Gasteiger partial charge in [-0.3, -0.25) is 14.4 Å². The minimum atomic E-state index is -5.77. The van der Waals surface area contributed by atoms with Crippen LogP contribution in [-0.2, 0) is 20.9 Å².